The molecule has 3 nitrogen and oxygen atoms in total. The van der Waals surface area contributed by atoms with E-state index in [1.54, 1.807) is 0 Å². The summed E-state index contributed by atoms with van der Waals surface area (Å²) in [6.45, 7) is 7.54. The Morgan fingerprint density at radius 3 is 2.48 bits per heavy atom. The van der Waals surface area contributed by atoms with E-state index in [4.69, 9.17) is 0 Å². The van der Waals surface area contributed by atoms with Crippen LogP contribution >= 0.6 is 12.4 Å². The molecule has 0 bridgehead atoms. The van der Waals surface area contributed by atoms with Gasteiger partial charge in [0.25, 0.3) is 0 Å². The van der Waals surface area contributed by atoms with Gasteiger partial charge < -0.3 is 15.3 Å². The number of aliphatic hydroxyl groups is 1. The van der Waals surface area contributed by atoms with Gasteiger partial charge in [0, 0.05) is 38.6 Å². The van der Waals surface area contributed by atoms with Crippen molar-refractivity contribution in [3.05, 3.63) is 48.0 Å². The SMILES string of the molecule is CC1CCC(O)(C(CN2CCNCC2)c2cccc3ccccc23)CC1.Cl. The minimum absolute atomic E-state index is 0. The maximum atomic E-state index is 11.8. The van der Waals surface area contributed by atoms with E-state index in [2.05, 4.69) is 59.6 Å². The lowest BCUT2D eigenvalue weighted by atomic mass is 9.69. The molecule has 2 aromatic carbocycles. The zero-order valence-electron chi connectivity index (χ0n) is 16.4. The van der Waals surface area contributed by atoms with E-state index in [9.17, 15) is 5.11 Å². The molecule has 1 aliphatic heterocycles. The van der Waals surface area contributed by atoms with Crippen LogP contribution in [-0.4, -0.2) is 48.3 Å². The van der Waals surface area contributed by atoms with Crippen LogP contribution < -0.4 is 5.32 Å². The Kier molecular flexibility index (Phi) is 6.80. The highest BCUT2D eigenvalue weighted by Gasteiger charge is 2.41. The fraction of sp³-hybridized carbons (Fsp3) is 0.565. The van der Waals surface area contributed by atoms with Gasteiger partial charge in [0.05, 0.1) is 5.60 Å². The molecule has 4 rings (SSSR count). The van der Waals surface area contributed by atoms with Crippen LogP contribution in [0, 0.1) is 5.92 Å². The Balaban J connectivity index is 0.00000210. The molecule has 0 radical (unpaired) electrons. The van der Waals surface area contributed by atoms with Crippen LogP contribution in [0.2, 0.25) is 0 Å². The van der Waals surface area contributed by atoms with Crippen molar-refractivity contribution in [3.8, 4) is 0 Å². The van der Waals surface area contributed by atoms with Gasteiger partial charge in [0.2, 0.25) is 0 Å². The van der Waals surface area contributed by atoms with E-state index in [-0.39, 0.29) is 18.3 Å². The number of hydrogen-bond acceptors (Lipinski definition) is 3. The van der Waals surface area contributed by atoms with Gasteiger partial charge in [0.1, 0.15) is 0 Å². The van der Waals surface area contributed by atoms with Crippen LogP contribution in [0.25, 0.3) is 10.8 Å². The minimum atomic E-state index is -0.582. The molecule has 1 saturated carbocycles. The summed E-state index contributed by atoms with van der Waals surface area (Å²) in [6.07, 6.45) is 4.13. The van der Waals surface area contributed by atoms with Gasteiger partial charge in [-0.15, -0.1) is 12.4 Å². The van der Waals surface area contributed by atoms with E-state index in [1.165, 1.54) is 16.3 Å². The summed E-state index contributed by atoms with van der Waals surface area (Å²) < 4.78 is 0. The minimum Gasteiger partial charge on any atom is -0.389 e. The van der Waals surface area contributed by atoms with Crippen molar-refractivity contribution in [2.45, 2.75) is 44.1 Å². The summed E-state index contributed by atoms with van der Waals surface area (Å²) in [5.41, 5.74) is 0.750. The maximum absolute atomic E-state index is 11.8. The molecule has 1 saturated heterocycles. The standard InChI is InChI=1S/C23H32N2O.ClH/c1-18-9-11-23(26,12-10-18)22(17-25-15-13-24-14-16-25)21-8-4-6-19-5-2-3-7-20(19)21;/h2-8,18,22,24,26H,9-17H2,1H3;1H. The lowest BCUT2D eigenvalue weighted by Crippen LogP contribution is -2.50. The predicted molar refractivity (Wildman–Crippen MR) is 116 cm³/mol. The molecule has 1 unspecified atom stereocenters. The van der Waals surface area contributed by atoms with Crippen LogP contribution in [0.5, 0.6) is 0 Å². The molecule has 1 heterocycles. The van der Waals surface area contributed by atoms with Gasteiger partial charge in [-0.2, -0.15) is 0 Å². The predicted octanol–water partition coefficient (Wildman–Crippen LogP) is 4.19. The second-order valence-corrected chi connectivity index (χ2v) is 8.46. The average molecular weight is 389 g/mol. The Hall–Kier alpha value is -1.13. The summed E-state index contributed by atoms with van der Waals surface area (Å²) in [5.74, 6) is 0.918. The summed E-state index contributed by atoms with van der Waals surface area (Å²) in [4.78, 5) is 2.54. The van der Waals surface area contributed by atoms with Gasteiger partial charge in [-0.25, -0.2) is 0 Å². The monoisotopic (exact) mass is 388 g/mol. The highest BCUT2D eigenvalue weighted by molar-refractivity contribution is 5.86. The number of piperazine rings is 1. The fourth-order valence-electron chi connectivity index (χ4n) is 4.87. The molecule has 27 heavy (non-hydrogen) atoms. The number of nitrogens with zero attached hydrogens (tertiary/aromatic N) is 1. The van der Waals surface area contributed by atoms with E-state index >= 15 is 0 Å². The maximum Gasteiger partial charge on any atom is 0.0728 e. The molecule has 0 spiro atoms. The van der Waals surface area contributed by atoms with Crippen LogP contribution in [0.4, 0.5) is 0 Å². The topological polar surface area (TPSA) is 35.5 Å². The quantitative estimate of drug-likeness (QED) is 0.824. The largest absolute Gasteiger partial charge is 0.389 e. The first-order valence-corrected chi connectivity index (χ1v) is 10.3. The van der Waals surface area contributed by atoms with Crippen molar-refractivity contribution in [1.82, 2.24) is 10.2 Å². The molecule has 2 fully saturated rings. The second-order valence-electron chi connectivity index (χ2n) is 8.46. The lowest BCUT2D eigenvalue weighted by Gasteiger charge is -2.44. The highest BCUT2D eigenvalue weighted by Crippen LogP contribution is 2.43. The number of nitrogens with one attached hydrogen (secondary N) is 1. The highest BCUT2D eigenvalue weighted by atomic mass is 35.5. The normalized spacial score (nSPS) is 27.9. The molecule has 4 heteroatoms. The first-order chi connectivity index (χ1) is 12.7. The third-order valence-corrected chi connectivity index (χ3v) is 6.64. The second kappa shape index (κ2) is 8.91. The number of halogens is 1. The van der Waals surface area contributed by atoms with Crippen LogP contribution in [0.1, 0.15) is 44.1 Å². The summed E-state index contributed by atoms with van der Waals surface area (Å²) in [6, 6.07) is 15.3. The zero-order chi connectivity index (χ0) is 18.0. The van der Waals surface area contributed by atoms with Crippen molar-refractivity contribution >= 4 is 23.2 Å². The Morgan fingerprint density at radius 1 is 1.07 bits per heavy atom. The Morgan fingerprint density at radius 2 is 1.74 bits per heavy atom. The molecule has 2 N–H and O–H groups in total. The van der Waals surface area contributed by atoms with E-state index in [1.807, 2.05) is 0 Å². The van der Waals surface area contributed by atoms with Gasteiger partial charge in [0.15, 0.2) is 0 Å². The average Bonchev–Trinajstić information content (AvgIpc) is 2.69. The molecular formula is C23H33ClN2O. The van der Waals surface area contributed by atoms with Crippen LogP contribution in [0.15, 0.2) is 42.5 Å². The van der Waals surface area contributed by atoms with E-state index < -0.39 is 5.60 Å². The number of benzene rings is 2. The van der Waals surface area contributed by atoms with Crippen molar-refractivity contribution in [2.75, 3.05) is 32.7 Å². The molecule has 148 valence electrons. The lowest BCUT2D eigenvalue weighted by molar-refractivity contribution is -0.0402. The Labute approximate surface area is 169 Å². The van der Waals surface area contributed by atoms with Crippen LogP contribution in [-0.2, 0) is 0 Å². The van der Waals surface area contributed by atoms with Gasteiger partial charge >= 0.3 is 0 Å². The third-order valence-electron chi connectivity index (χ3n) is 6.64. The first kappa shape index (κ1) is 20.6. The molecule has 0 amide bonds. The molecule has 2 aromatic rings. The summed E-state index contributed by atoms with van der Waals surface area (Å²) >= 11 is 0. The van der Waals surface area contributed by atoms with Crippen molar-refractivity contribution < 1.29 is 5.11 Å². The molecule has 0 aromatic heterocycles. The zero-order valence-corrected chi connectivity index (χ0v) is 17.2. The summed E-state index contributed by atoms with van der Waals surface area (Å²) in [7, 11) is 0. The van der Waals surface area contributed by atoms with E-state index in [0.717, 1.165) is 64.3 Å². The van der Waals surface area contributed by atoms with Crippen molar-refractivity contribution in [2.24, 2.45) is 5.92 Å². The first-order valence-electron chi connectivity index (χ1n) is 10.3. The smallest absolute Gasteiger partial charge is 0.0728 e. The number of rotatable bonds is 4. The number of fused-ring (bicyclic) bond motifs is 1. The van der Waals surface area contributed by atoms with Crippen molar-refractivity contribution in [3.63, 3.8) is 0 Å². The molecule has 2 aliphatic rings. The molecule has 1 aliphatic carbocycles. The number of hydrogen-bond donors (Lipinski definition) is 2. The summed E-state index contributed by atoms with van der Waals surface area (Å²) in [5, 5.41) is 17.8. The van der Waals surface area contributed by atoms with Crippen LogP contribution in [0.3, 0.4) is 0 Å². The fourth-order valence-corrected chi connectivity index (χ4v) is 4.87. The third kappa shape index (κ3) is 4.48. The van der Waals surface area contributed by atoms with Crippen molar-refractivity contribution in [1.29, 1.82) is 0 Å². The van der Waals surface area contributed by atoms with Gasteiger partial charge in [-0.1, -0.05) is 49.4 Å². The molecule has 1 atom stereocenters. The Bertz CT molecular complexity index is 731. The van der Waals surface area contributed by atoms with Gasteiger partial charge in [-0.3, -0.25) is 0 Å². The molecular weight excluding hydrogens is 356 g/mol. The van der Waals surface area contributed by atoms with E-state index in [0.29, 0.717) is 0 Å². The van der Waals surface area contributed by atoms with Gasteiger partial charge in [-0.05, 0) is 47.9 Å².